The third-order valence-corrected chi connectivity index (χ3v) is 5.75. The first-order chi connectivity index (χ1) is 13.9. The summed E-state index contributed by atoms with van der Waals surface area (Å²) in [6.45, 7) is 0.136. The number of carbonyl (C=O) groups is 2. The van der Waals surface area contributed by atoms with Crippen molar-refractivity contribution in [3.63, 3.8) is 0 Å². The number of fused-ring (bicyclic) bond motifs is 1. The number of likely N-dealkylation sites (tertiary alicyclic amines) is 1. The number of carbonyl (C=O) groups excluding carboxylic acids is 1. The summed E-state index contributed by atoms with van der Waals surface area (Å²) in [5.41, 5.74) is 0.328. The van der Waals surface area contributed by atoms with Gasteiger partial charge in [0.25, 0.3) is 5.91 Å². The van der Waals surface area contributed by atoms with Crippen molar-refractivity contribution in [1.82, 2.24) is 9.88 Å². The first-order valence-electron chi connectivity index (χ1n) is 9.42. The fourth-order valence-electron chi connectivity index (χ4n) is 4.10. The van der Waals surface area contributed by atoms with Crippen molar-refractivity contribution in [1.29, 1.82) is 0 Å². The number of amides is 1. The molecule has 0 unspecified atom stereocenters. The van der Waals surface area contributed by atoms with Crippen LogP contribution in [-0.4, -0.2) is 51.2 Å². The maximum Gasteiger partial charge on any atom is 0.314 e. The van der Waals surface area contributed by atoms with E-state index in [2.05, 4.69) is 4.98 Å². The van der Waals surface area contributed by atoms with Gasteiger partial charge in [0.15, 0.2) is 0 Å². The summed E-state index contributed by atoms with van der Waals surface area (Å²) in [5.74, 6) is -1.87. The molecule has 4 rings (SSSR count). The number of para-hydroxylation sites is 1. The zero-order chi connectivity index (χ0) is 20.6. The molecular formula is C22H21FN2O4. The van der Waals surface area contributed by atoms with E-state index < -0.39 is 23.3 Å². The van der Waals surface area contributed by atoms with Crippen molar-refractivity contribution in [2.75, 3.05) is 13.1 Å². The molecule has 3 N–H and O–H groups in total. The topological polar surface area (TPSA) is 93.6 Å². The van der Waals surface area contributed by atoms with E-state index in [4.69, 9.17) is 0 Å². The number of aliphatic carboxylic acids is 1. The van der Waals surface area contributed by atoms with Crippen LogP contribution in [0.1, 0.15) is 22.3 Å². The van der Waals surface area contributed by atoms with Crippen LogP contribution in [0, 0.1) is 11.2 Å². The predicted octanol–water partition coefficient (Wildman–Crippen LogP) is 2.83. The van der Waals surface area contributed by atoms with Crippen molar-refractivity contribution >= 4 is 22.8 Å². The highest BCUT2D eigenvalue weighted by Gasteiger charge is 2.50. The zero-order valence-corrected chi connectivity index (χ0v) is 15.6. The minimum absolute atomic E-state index is 0.00143. The Kier molecular flexibility index (Phi) is 4.84. The molecule has 1 amide bonds. The molecule has 1 fully saturated rings. The molecule has 2 heterocycles. The van der Waals surface area contributed by atoms with Gasteiger partial charge in [0.1, 0.15) is 11.2 Å². The number of aromatic amines is 1. The molecule has 0 saturated carbocycles. The van der Waals surface area contributed by atoms with Gasteiger partial charge in [-0.15, -0.1) is 0 Å². The number of piperidine rings is 1. The standard InChI is InChI=1S/C22H21FN2O4/c23-15-7-5-14(6-8-15)11-22(21(28)29)13-25(10-9-19(22)26)20(27)17-12-24-18-4-2-1-3-16(17)18/h1-8,12,19,24,26H,9-11,13H2,(H,28,29)/t19-,22-/m1/s1. The number of benzene rings is 2. The van der Waals surface area contributed by atoms with Crippen molar-refractivity contribution in [2.24, 2.45) is 5.41 Å². The molecule has 1 aliphatic rings. The summed E-state index contributed by atoms with van der Waals surface area (Å²) in [4.78, 5) is 30.0. The highest BCUT2D eigenvalue weighted by Crippen LogP contribution is 2.36. The van der Waals surface area contributed by atoms with Crippen LogP contribution in [-0.2, 0) is 11.2 Å². The Morgan fingerprint density at radius 1 is 1.17 bits per heavy atom. The molecule has 150 valence electrons. The van der Waals surface area contributed by atoms with Crippen molar-refractivity contribution in [2.45, 2.75) is 18.9 Å². The molecule has 1 aromatic heterocycles. The van der Waals surface area contributed by atoms with Gasteiger partial charge in [0.05, 0.1) is 11.7 Å². The lowest BCUT2D eigenvalue weighted by Crippen LogP contribution is -2.58. The van der Waals surface area contributed by atoms with Gasteiger partial charge in [0, 0.05) is 30.2 Å². The van der Waals surface area contributed by atoms with Crippen LogP contribution in [0.4, 0.5) is 4.39 Å². The Bertz CT molecular complexity index is 1060. The molecule has 6 nitrogen and oxygen atoms in total. The minimum Gasteiger partial charge on any atom is -0.481 e. The largest absolute Gasteiger partial charge is 0.481 e. The van der Waals surface area contributed by atoms with E-state index in [1.54, 1.807) is 6.20 Å². The molecule has 0 spiro atoms. The lowest BCUT2D eigenvalue weighted by Gasteiger charge is -2.43. The zero-order valence-electron chi connectivity index (χ0n) is 15.6. The number of halogens is 1. The molecule has 29 heavy (non-hydrogen) atoms. The Balaban J connectivity index is 1.65. The number of hydrogen-bond donors (Lipinski definition) is 3. The molecule has 3 aromatic rings. The predicted molar refractivity (Wildman–Crippen MR) is 105 cm³/mol. The van der Waals surface area contributed by atoms with Crippen molar-refractivity contribution < 1.29 is 24.2 Å². The second-order valence-electron chi connectivity index (χ2n) is 7.54. The van der Waals surface area contributed by atoms with E-state index in [0.717, 1.165) is 10.9 Å². The fourth-order valence-corrected chi connectivity index (χ4v) is 4.10. The smallest absolute Gasteiger partial charge is 0.314 e. The number of hydrogen-bond acceptors (Lipinski definition) is 3. The van der Waals surface area contributed by atoms with Gasteiger partial charge in [0.2, 0.25) is 0 Å². The number of aromatic nitrogens is 1. The first-order valence-corrected chi connectivity index (χ1v) is 9.42. The molecule has 0 bridgehead atoms. The lowest BCUT2D eigenvalue weighted by molar-refractivity contribution is -0.161. The van der Waals surface area contributed by atoms with Crippen molar-refractivity contribution in [3.05, 3.63) is 71.7 Å². The van der Waals surface area contributed by atoms with Crippen LogP contribution in [0.25, 0.3) is 10.9 Å². The van der Waals surface area contributed by atoms with Gasteiger partial charge in [-0.1, -0.05) is 30.3 Å². The number of aliphatic hydroxyl groups excluding tert-OH is 1. The number of rotatable bonds is 4. The number of carboxylic acids is 1. The second kappa shape index (κ2) is 7.33. The Morgan fingerprint density at radius 2 is 1.90 bits per heavy atom. The summed E-state index contributed by atoms with van der Waals surface area (Å²) in [6.07, 6.45) is 0.667. The van der Waals surface area contributed by atoms with Crippen LogP contribution in [0.5, 0.6) is 0 Å². The average Bonchev–Trinajstić information content (AvgIpc) is 3.15. The van der Waals surface area contributed by atoms with Crippen molar-refractivity contribution in [3.8, 4) is 0 Å². The van der Waals surface area contributed by atoms with E-state index >= 15 is 0 Å². The van der Waals surface area contributed by atoms with E-state index in [1.807, 2.05) is 24.3 Å². The van der Waals surface area contributed by atoms with E-state index in [0.29, 0.717) is 11.1 Å². The van der Waals surface area contributed by atoms with Crippen LogP contribution in [0.2, 0.25) is 0 Å². The van der Waals surface area contributed by atoms with Crippen LogP contribution < -0.4 is 0 Å². The van der Waals surface area contributed by atoms with Crippen LogP contribution in [0.3, 0.4) is 0 Å². The highest BCUT2D eigenvalue weighted by atomic mass is 19.1. The molecule has 2 aromatic carbocycles. The average molecular weight is 396 g/mol. The molecule has 7 heteroatoms. The normalized spacial score (nSPS) is 22.0. The third kappa shape index (κ3) is 3.38. The third-order valence-electron chi connectivity index (χ3n) is 5.75. The number of aliphatic hydroxyl groups is 1. The van der Waals surface area contributed by atoms with E-state index in [1.165, 1.54) is 29.2 Å². The van der Waals surface area contributed by atoms with E-state index in [9.17, 15) is 24.2 Å². The maximum absolute atomic E-state index is 13.2. The van der Waals surface area contributed by atoms with Crippen LogP contribution >= 0.6 is 0 Å². The van der Waals surface area contributed by atoms with Gasteiger partial charge in [-0.3, -0.25) is 9.59 Å². The quantitative estimate of drug-likeness (QED) is 0.632. The fraction of sp³-hybridized carbons (Fsp3) is 0.273. The summed E-state index contributed by atoms with van der Waals surface area (Å²) < 4.78 is 13.2. The lowest BCUT2D eigenvalue weighted by atomic mass is 9.72. The molecule has 1 aliphatic heterocycles. The van der Waals surface area contributed by atoms with Crippen LogP contribution in [0.15, 0.2) is 54.7 Å². The number of nitrogens with zero attached hydrogens (tertiary/aromatic N) is 1. The maximum atomic E-state index is 13.2. The van der Waals surface area contributed by atoms with Gasteiger partial charge in [-0.25, -0.2) is 4.39 Å². The monoisotopic (exact) mass is 396 g/mol. The molecule has 1 saturated heterocycles. The molecule has 0 radical (unpaired) electrons. The summed E-state index contributed by atoms with van der Waals surface area (Å²) >= 11 is 0. The van der Waals surface area contributed by atoms with E-state index in [-0.39, 0.29) is 31.8 Å². The molecular weight excluding hydrogens is 375 g/mol. The summed E-state index contributed by atoms with van der Waals surface area (Å²) in [7, 11) is 0. The number of nitrogens with one attached hydrogen (secondary N) is 1. The SMILES string of the molecule is O=C(c1c[nH]c2ccccc12)N1CC[C@@H](O)[C@](Cc2ccc(F)cc2)(C(=O)O)C1. The highest BCUT2D eigenvalue weighted by molar-refractivity contribution is 6.06. The van der Waals surface area contributed by atoms with Gasteiger partial charge in [-0.2, -0.15) is 0 Å². The Morgan fingerprint density at radius 3 is 2.62 bits per heavy atom. The second-order valence-corrected chi connectivity index (χ2v) is 7.54. The summed E-state index contributed by atoms with van der Waals surface area (Å²) in [5, 5.41) is 21.4. The Hall–Kier alpha value is -3.19. The molecule has 0 aliphatic carbocycles. The number of H-pyrrole nitrogens is 1. The minimum atomic E-state index is -1.56. The molecule has 2 atom stereocenters. The van der Waals surface area contributed by atoms with Gasteiger partial charge < -0.3 is 20.1 Å². The summed E-state index contributed by atoms with van der Waals surface area (Å²) in [6, 6.07) is 12.9. The Labute approximate surface area is 166 Å². The van der Waals surface area contributed by atoms with Gasteiger partial charge in [-0.05, 0) is 36.6 Å². The number of carboxylic acid groups (broad SMARTS) is 1. The first kappa shape index (κ1) is 19.1. The van der Waals surface area contributed by atoms with Gasteiger partial charge >= 0.3 is 5.97 Å².